The van der Waals surface area contributed by atoms with E-state index in [2.05, 4.69) is 27.4 Å². The molecular weight excluding hydrogens is 328 g/mol. The monoisotopic (exact) mass is 360 g/mol. The summed E-state index contributed by atoms with van der Waals surface area (Å²) in [5, 5.41) is 11.0. The molecule has 3 aliphatic rings. The van der Waals surface area contributed by atoms with Gasteiger partial charge in [0, 0.05) is 23.3 Å². The Balaban J connectivity index is 2.21. The normalized spacial score (nSPS) is 41.9. The second-order valence-corrected chi connectivity index (χ2v) is 9.56. The van der Waals surface area contributed by atoms with Crippen LogP contribution in [0.15, 0.2) is 23.8 Å². The largest absolute Gasteiger partial charge is 0.458 e. The van der Waals surface area contributed by atoms with Crippen molar-refractivity contribution < 1.29 is 19.4 Å². The van der Waals surface area contributed by atoms with Crippen LogP contribution in [0.25, 0.3) is 0 Å². The minimum Gasteiger partial charge on any atom is -0.458 e. The fraction of sp³-hybridized carbons (Fsp3) is 0.727. The first kappa shape index (κ1) is 19.3. The van der Waals surface area contributed by atoms with E-state index in [1.165, 1.54) is 6.92 Å². The Kier molecular flexibility index (Phi) is 4.50. The first-order valence-electron chi connectivity index (χ1n) is 9.74. The summed E-state index contributed by atoms with van der Waals surface area (Å²) in [7, 11) is 0. The summed E-state index contributed by atoms with van der Waals surface area (Å²) >= 11 is 0. The predicted octanol–water partition coefficient (Wildman–Crippen LogP) is 3.98. The number of Topliss-reactive ketones (excluding diaryl/α,β-unsaturated/α-hetero) is 1. The number of allylic oxidation sites excluding steroid dienone is 1. The van der Waals surface area contributed by atoms with Crippen molar-refractivity contribution >= 4 is 11.8 Å². The van der Waals surface area contributed by atoms with E-state index < -0.39 is 23.0 Å². The maximum absolute atomic E-state index is 13.4. The molecular formula is C22H32O4. The summed E-state index contributed by atoms with van der Waals surface area (Å²) in [6.07, 6.45) is 4.43. The van der Waals surface area contributed by atoms with Crippen molar-refractivity contribution in [1.29, 1.82) is 0 Å². The number of esters is 1. The summed E-state index contributed by atoms with van der Waals surface area (Å²) in [6.45, 7) is 13.8. The van der Waals surface area contributed by atoms with Gasteiger partial charge in [0.1, 0.15) is 6.10 Å². The van der Waals surface area contributed by atoms with Crippen molar-refractivity contribution in [3.63, 3.8) is 0 Å². The zero-order valence-electron chi connectivity index (χ0n) is 16.7. The molecule has 0 spiro atoms. The maximum Gasteiger partial charge on any atom is 0.303 e. The number of aliphatic hydroxyl groups is 1. The molecule has 26 heavy (non-hydrogen) atoms. The van der Waals surface area contributed by atoms with E-state index in [9.17, 15) is 14.7 Å². The highest BCUT2D eigenvalue weighted by Crippen LogP contribution is 2.62. The van der Waals surface area contributed by atoms with E-state index in [0.717, 1.165) is 24.8 Å². The van der Waals surface area contributed by atoms with Crippen LogP contribution in [0, 0.1) is 22.2 Å². The lowest BCUT2D eigenvalue weighted by atomic mass is 9.46. The highest BCUT2D eigenvalue weighted by molar-refractivity contribution is 6.04. The Morgan fingerprint density at radius 2 is 1.92 bits per heavy atom. The molecule has 0 aromatic rings. The number of carbonyl (C=O) groups excluding carboxylic acids is 2. The van der Waals surface area contributed by atoms with E-state index in [-0.39, 0.29) is 23.1 Å². The van der Waals surface area contributed by atoms with Crippen LogP contribution in [0.2, 0.25) is 0 Å². The van der Waals surface area contributed by atoms with E-state index in [4.69, 9.17) is 4.74 Å². The molecule has 0 heterocycles. The third kappa shape index (κ3) is 2.60. The Hall–Kier alpha value is -1.42. The van der Waals surface area contributed by atoms with Crippen molar-refractivity contribution in [3.8, 4) is 0 Å². The van der Waals surface area contributed by atoms with Crippen LogP contribution < -0.4 is 0 Å². The highest BCUT2D eigenvalue weighted by Gasteiger charge is 2.60. The Morgan fingerprint density at radius 1 is 1.27 bits per heavy atom. The molecule has 0 bridgehead atoms. The molecule has 4 nitrogen and oxygen atoms in total. The van der Waals surface area contributed by atoms with Gasteiger partial charge >= 0.3 is 5.97 Å². The SMILES string of the molecule is C=CC1(C)CCC2=C(C1=O)C(OC(C)=O)CC1C(C)(C)CCC(O)C21C. The maximum atomic E-state index is 13.4. The van der Waals surface area contributed by atoms with Gasteiger partial charge in [-0.15, -0.1) is 6.58 Å². The molecule has 1 saturated carbocycles. The third-order valence-corrected chi connectivity index (χ3v) is 7.59. The zero-order chi connectivity index (χ0) is 19.5. The molecule has 0 amide bonds. The Bertz CT molecular complexity index is 688. The smallest absolute Gasteiger partial charge is 0.303 e. The highest BCUT2D eigenvalue weighted by atomic mass is 16.5. The number of rotatable bonds is 2. The lowest BCUT2D eigenvalue weighted by Gasteiger charge is -2.59. The van der Waals surface area contributed by atoms with E-state index >= 15 is 0 Å². The minimum absolute atomic E-state index is 0.00949. The Labute approximate surface area is 156 Å². The summed E-state index contributed by atoms with van der Waals surface area (Å²) in [5.74, 6) is -0.184. The van der Waals surface area contributed by atoms with Crippen LogP contribution in [-0.4, -0.2) is 29.1 Å². The van der Waals surface area contributed by atoms with Gasteiger partial charge in [0.2, 0.25) is 0 Å². The summed E-state index contributed by atoms with van der Waals surface area (Å²) in [5.41, 5.74) is 0.600. The molecule has 0 aromatic heterocycles. The van der Waals surface area contributed by atoms with Gasteiger partial charge in [-0.2, -0.15) is 0 Å². The van der Waals surface area contributed by atoms with Gasteiger partial charge in [0.25, 0.3) is 0 Å². The second kappa shape index (κ2) is 6.05. The molecule has 0 aromatic carbocycles. The quantitative estimate of drug-likeness (QED) is 0.598. The molecule has 1 fully saturated rings. The topological polar surface area (TPSA) is 63.6 Å². The van der Waals surface area contributed by atoms with Gasteiger partial charge in [0.05, 0.1) is 6.10 Å². The number of ether oxygens (including phenoxy) is 1. The van der Waals surface area contributed by atoms with Gasteiger partial charge in [-0.25, -0.2) is 0 Å². The van der Waals surface area contributed by atoms with Crippen LogP contribution in [0.5, 0.6) is 0 Å². The van der Waals surface area contributed by atoms with Crippen molar-refractivity contribution in [3.05, 3.63) is 23.8 Å². The van der Waals surface area contributed by atoms with Crippen LogP contribution in [0.4, 0.5) is 0 Å². The molecule has 1 N–H and O–H groups in total. The molecule has 5 atom stereocenters. The van der Waals surface area contributed by atoms with Gasteiger partial charge in [-0.3, -0.25) is 9.59 Å². The van der Waals surface area contributed by atoms with Gasteiger partial charge in [-0.1, -0.05) is 32.4 Å². The number of hydrogen-bond donors (Lipinski definition) is 1. The first-order valence-corrected chi connectivity index (χ1v) is 9.74. The number of hydrogen-bond acceptors (Lipinski definition) is 4. The number of fused-ring (bicyclic) bond motifs is 2. The molecule has 0 radical (unpaired) electrons. The van der Waals surface area contributed by atoms with Gasteiger partial charge < -0.3 is 9.84 Å². The average molecular weight is 360 g/mol. The van der Waals surface area contributed by atoms with Crippen molar-refractivity contribution in [2.24, 2.45) is 22.2 Å². The second-order valence-electron chi connectivity index (χ2n) is 9.56. The summed E-state index contributed by atoms with van der Waals surface area (Å²) < 4.78 is 5.66. The standard InChI is InChI=1S/C22H32O4/c1-7-21(5)11-8-14-18(19(21)25)15(26-13(2)23)12-16-20(3,4)10-9-17(24)22(14,16)6/h7,15-17,24H,1,8-12H2,2-6H3. The predicted molar refractivity (Wildman–Crippen MR) is 100 cm³/mol. The summed E-state index contributed by atoms with van der Waals surface area (Å²) in [4.78, 5) is 25.2. The van der Waals surface area contributed by atoms with Crippen molar-refractivity contribution in [2.45, 2.75) is 78.9 Å². The number of ketones is 1. The fourth-order valence-corrected chi connectivity index (χ4v) is 5.81. The molecule has 3 rings (SSSR count). The molecule has 0 aliphatic heterocycles. The molecule has 5 unspecified atom stereocenters. The van der Waals surface area contributed by atoms with Crippen LogP contribution in [0.3, 0.4) is 0 Å². The van der Waals surface area contributed by atoms with Crippen LogP contribution in [0.1, 0.15) is 66.7 Å². The number of aliphatic hydroxyl groups excluding tert-OH is 1. The third-order valence-electron chi connectivity index (χ3n) is 7.59. The minimum atomic E-state index is -0.629. The molecule has 0 saturated heterocycles. The lowest BCUT2D eigenvalue weighted by molar-refractivity contribution is -0.153. The van der Waals surface area contributed by atoms with Crippen molar-refractivity contribution in [2.75, 3.05) is 0 Å². The Morgan fingerprint density at radius 3 is 2.50 bits per heavy atom. The average Bonchev–Trinajstić information content (AvgIpc) is 2.56. The molecule has 3 aliphatic carbocycles. The zero-order valence-corrected chi connectivity index (χ0v) is 16.7. The fourth-order valence-electron chi connectivity index (χ4n) is 5.81. The molecule has 4 heteroatoms. The first-order chi connectivity index (χ1) is 12.0. The van der Waals surface area contributed by atoms with E-state index in [1.54, 1.807) is 6.08 Å². The summed E-state index contributed by atoms with van der Waals surface area (Å²) in [6, 6.07) is 0. The van der Waals surface area contributed by atoms with E-state index in [1.807, 2.05) is 6.92 Å². The van der Waals surface area contributed by atoms with Crippen molar-refractivity contribution in [1.82, 2.24) is 0 Å². The van der Waals surface area contributed by atoms with E-state index in [0.29, 0.717) is 18.4 Å². The number of carbonyl (C=O) groups is 2. The van der Waals surface area contributed by atoms with Gasteiger partial charge in [0.15, 0.2) is 5.78 Å². The van der Waals surface area contributed by atoms with Crippen LogP contribution in [-0.2, 0) is 14.3 Å². The van der Waals surface area contributed by atoms with Gasteiger partial charge in [-0.05, 0) is 50.4 Å². The molecule has 144 valence electrons. The lowest BCUT2D eigenvalue weighted by Crippen LogP contribution is -2.58. The van der Waals surface area contributed by atoms with Crippen LogP contribution >= 0.6 is 0 Å².